The van der Waals surface area contributed by atoms with Gasteiger partial charge in [-0.2, -0.15) is 0 Å². The summed E-state index contributed by atoms with van der Waals surface area (Å²) in [5.41, 5.74) is 8.08. The lowest BCUT2D eigenvalue weighted by Crippen LogP contribution is -2.29. The summed E-state index contributed by atoms with van der Waals surface area (Å²) in [6.45, 7) is 3.76. The van der Waals surface area contributed by atoms with Crippen LogP contribution < -0.4 is 5.73 Å². The van der Waals surface area contributed by atoms with Crippen molar-refractivity contribution in [1.29, 1.82) is 0 Å². The third kappa shape index (κ3) is 2.62. The fraction of sp³-hybridized carbons (Fsp3) is 0.267. The number of amides is 1. The van der Waals surface area contributed by atoms with Gasteiger partial charge in [0.1, 0.15) is 5.76 Å². The summed E-state index contributed by atoms with van der Waals surface area (Å²) in [5.74, 6) is 0.581. The number of hydrogen-bond acceptors (Lipinski definition) is 3. The van der Waals surface area contributed by atoms with E-state index in [1.54, 1.807) is 24.9 Å². The van der Waals surface area contributed by atoms with E-state index in [1.807, 2.05) is 31.2 Å². The number of anilines is 1. The minimum absolute atomic E-state index is 0.0506. The summed E-state index contributed by atoms with van der Waals surface area (Å²) >= 11 is 0. The van der Waals surface area contributed by atoms with Crippen LogP contribution in [0.25, 0.3) is 0 Å². The summed E-state index contributed by atoms with van der Waals surface area (Å²) < 4.78 is 5.17. The average molecular weight is 258 g/mol. The van der Waals surface area contributed by atoms with Crippen LogP contribution in [0.4, 0.5) is 5.69 Å². The van der Waals surface area contributed by atoms with Crippen LogP contribution in [0.15, 0.2) is 41.0 Å². The molecule has 1 aromatic carbocycles. The number of aryl methyl sites for hydroxylation is 1. The first-order chi connectivity index (χ1) is 9.00. The molecule has 0 radical (unpaired) electrons. The van der Waals surface area contributed by atoms with Crippen LogP contribution in [-0.4, -0.2) is 17.9 Å². The first kappa shape index (κ1) is 13.2. The number of carbonyl (C=O) groups excluding carboxylic acids is 1. The largest absolute Gasteiger partial charge is 0.469 e. The van der Waals surface area contributed by atoms with E-state index in [0.29, 0.717) is 17.0 Å². The van der Waals surface area contributed by atoms with Crippen LogP contribution in [0.5, 0.6) is 0 Å². The van der Waals surface area contributed by atoms with Crippen molar-refractivity contribution in [2.45, 2.75) is 19.9 Å². The molecule has 0 aliphatic heterocycles. The highest BCUT2D eigenvalue weighted by Crippen LogP contribution is 2.23. The van der Waals surface area contributed by atoms with Crippen LogP contribution in [-0.2, 0) is 0 Å². The second-order valence-electron chi connectivity index (χ2n) is 4.65. The number of nitrogen functional groups attached to an aromatic ring is 1. The highest BCUT2D eigenvalue weighted by molar-refractivity contribution is 5.95. The summed E-state index contributed by atoms with van der Waals surface area (Å²) in [6.07, 6.45) is 1.53. The molecule has 0 fully saturated rings. The molecule has 1 heterocycles. The van der Waals surface area contributed by atoms with Crippen LogP contribution in [0.3, 0.4) is 0 Å². The normalized spacial score (nSPS) is 12.2. The molecule has 4 nitrogen and oxygen atoms in total. The van der Waals surface area contributed by atoms with Gasteiger partial charge in [0.05, 0.1) is 17.9 Å². The lowest BCUT2D eigenvalue weighted by molar-refractivity contribution is 0.0741. The second-order valence-corrected chi connectivity index (χ2v) is 4.65. The van der Waals surface area contributed by atoms with Crippen LogP contribution in [0.1, 0.15) is 34.6 Å². The van der Waals surface area contributed by atoms with Crippen molar-refractivity contribution in [3.05, 3.63) is 53.5 Å². The Kier molecular flexibility index (Phi) is 3.60. The van der Waals surface area contributed by atoms with E-state index in [4.69, 9.17) is 10.2 Å². The minimum Gasteiger partial charge on any atom is -0.469 e. The van der Waals surface area contributed by atoms with E-state index >= 15 is 0 Å². The van der Waals surface area contributed by atoms with Crippen LogP contribution >= 0.6 is 0 Å². The Morgan fingerprint density at radius 1 is 1.37 bits per heavy atom. The van der Waals surface area contributed by atoms with Gasteiger partial charge in [0.25, 0.3) is 5.91 Å². The van der Waals surface area contributed by atoms with E-state index in [1.165, 1.54) is 6.26 Å². The molecule has 19 heavy (non-hydrogen) atoms. The summed E-state index contributed by atoms with van der Waals surface area (Å²) in [6, 6.07) is 9.22. The zero-order valence-corrected chi connectivity index (χ0v) is 11.4. The van der Waals surface area contributed by atoms with Crippen molar-refractivity contribution in [1.82, 2.24) is 4.90 Å². The molecule has 0 saturated carbocycles. The Bertz CT molecular complexity index is 589. The van der Waals surface area contributed by atoms with Gasteiger partial charge in [0.2, 0.25) is 0 Å². The van der Waals surface area contributed by atoms with Crippen molar-refractivity contribution < 1.29 is 9.21 Å². The summed E-state index contributed by atoms with van der Waals surface area (Å²) in [4.78, 5) is 14.0. The van der Waals surface area contributed by atoms with Gasteiger partial charge in [0.15, 0.2) is 0 Å². The fourth-order valence-electron chi connectivity index (χ4n) is 2.02. The first-order valence-electron chi connectivity index (χ1n) is 6.17. The second kappa shape index (κ2) is 5.18. The monoisotopic (exact) mass is 258 g/mol. The topological polar surface area (TPSA) is 59.5 Å². The molecule has 100 valence electrons. The zero-order valence-electron chi connectivity index (χ0n) is 11.4. The van der Waals surface area contributed by atoms with Crippen LogP contribution in [0, 0.1) is 6.92 Å². The van der Waals surface area contributed by atoms with E-state index < -0.39 is 0 Å². The Morgan fingerprint density at radius 3 is 2.68 bits per heavy atom. The lowest BCUT2D eigenvalue weighted by Gasteiger charge is -2.25. The van der Waals surface area contributed by atoms with E-state index in [9.17, 15) is 4.79 Å². The highest BCUT2D eigenvalue weighted by atomic mass is 16.3. The predicted octanol–water partition coefficient (Wildman–Crippen LogP) is 3.00. The Balaban J connectivity index is 2.22. The van der Waals surface area contributed by atoms with Gasteiger partial charge in [-0.1, -0.05) is 12.1 Å². The quantitative estimate of drug-likeness (QED) is 0.861. The molecule has 2 rings (SSSR count). The average Bonchev–Trinajstić information content (AvgIpc) is 2.82. The lowest BCUT2D eigenvalue weighted by atomic mass is 10.1. The molecule has 1 amide bonds. The van der Waals surface area contributed by atoms with Gasteiger partial charge in [0, 0.05) is 12.7 Å². The number of hydrogen-bond donors (Lipinski definition) is 1. The fourth-order valence-corrected chi connectivity index (χ4v) is 2.02. The maximum Gasteiger partial charge on any atom is 0.257 e. The number of furan rings is 1. The highest BCUT2D eigenvalue weighted by Gasteiger charge is 2.21. The standard InChI is InChI=1S/C15H18N2O2/c1-10(12-5-4-6-13(16)9-12)17(3)15(18)14-7-8-19-11(14)2/h4-10H,16H2,1-3H3. The molecule has 2 aromatic rings. The van der Waals surface area contributed by atoms with Crippen LogP contribution in [0.2, 0.25) is 0 Å². The van der Waals surface area contributed by atoms with Crippen molar-refractivity contribution in [3.8, 4) is 0 Å². The number of benzene rings is 1. The Morgan fingerprint density at radius 2 is 2.11 bits per heavy atom. The third-order valence-electron chi connectivity index (χ3n) is 3.38. The van der Waals surface area contributed by atoms with Gasteiger partial charge in [-0.15, -0.1) is 0 Å². The van der Waals surface area contributed by atoms with Gasteiger partial charge in [-0.3, -0.25) is 4.79 Å². The molecule has 0 aliphatic rings. The smallest absolute Gasteiger partial charge is 0.257 e. The van der Waals surface area contributed by atoms with E-state index in [2.05, 4.69) is 0 Å². The third-order valence-corrected chi connectivity index (χ3v) is 3.38. The summed E-state index contributed by atoms with van der Waals surface area (Å²) in [5, 5.41) is 0. The molecule has 1 atom stereocenters. The number of rotatable bonds is 3. The zero-order chi connectivity index (χ0) is 14.0. The molecule has 2 N–H and O–H groups in total. The van der Waals surface area contributed by atoms with Crippen molar-refractivity contribution in [3.63, 3.8) is 0 Å². The Hall–Kier alpha value is -2.23. The van der Waals surface area contributed by atoms with Crippen molar-refractivity contribution >= 4 is 11.6 Å². The minimum atomic E-state index is -0.0545. The Labute approximate surface area is 112 Å². The molecule has 0 bridgehead atoms. The van der Waals surface area contributed by atoms with Gasteiger partial charge in [-0.25, -0.2) is 0 Å². The predicted molar refractivity (Wildman–Crippen MR) is 74.8 cm³/mol. The van der Waals surface area contributed by atoms with Gasteiger partial charge < -0.3 is 15.1 Å². The maximum absolute atomic E-state index is 12.4. The van der Waals surface area contributed by atoms with Gasteiger partial charge in [-0.05, 0) is 37.6 Å². The number of nitrogens with two attached hydrogens (primary N) is 1. The number of nitrogens with zero attached hydrogens (tertiary/aromatic N) is 1. The molecule has 1 unspecified atom stereocenters. The summed E-state index contributed by atoms with van der Waals surface area (Å²) in [7, 11) is 1.78. The molecule has 1 aromatic heterocycles. The molecule has 0 spiro atoms. The van der Waals surface area contributed by atoms with Gasteiger partial charge >= 0.3 is 0 Å². The molecular weight excluding hydrogens is 240 g/mol. The van der Waals surface area contributed by atoms with Crippen molar-refractivity contribution in [2.24, 2.45) is 0 Å². The molecule has 0 saturated heterocycles. The molecule has 0 aliphatic carbocycles. The number of carbonyl (C=O) groups is 1. The van der Waals surface area contributed by atoms with E-state index in [0.717, 1.165) is 5.56 Å². The van der Waals surface area contributed by atoms with Crippen molar-refractivity contribution in [2.75, 3.05) is 12.8 Å². The molecular formula is C15H18N2O2. The van der Waals surface area contributed by atoms with E-state index in [-0.39, 0.29) is 11.9 Å². The first-order valence-corrected chi connectivity index (χ1v) is 6.17. The maximum atomic E-state index is 12.4. The molecule has 4 heteroatoms. The SMILES string of the molecule is Cc1occc1C(=O)N(C)C(C)c1cccc(N)c1.